The maximum atomic E-state index is 5.77. The van der Waals surface area contributed by atoms with Gasteiger partial charge in [0, 0.05) is 13.0 Å². The number of hydrogen-bond donors (Lipinski definition) is 2. The summed E-state index contributed by atoms with van der Waals surface area (Å²) in [5.41, 5.74) is 7.34. The van der Waals surface area contributed by atoms with E-state index in [2.05, 4.69) is 15.1 Å². The first-order valence-corrected chi connectivity index (χ1v) is 5.86. The summed E-state index contributed by atoms with van der Waals surface area (Å²) < 4.78 is 0. The van der Waals surface area contributed by atoms with Gasteiger partial charge in [-0.2, -0.15) is 5.10 Å². The van der Waals surface area contributed by atoms with Crippen molar-refractivity contribution < 1.29 is 0 Å². The molecule has 1 aliphatic rings. The number of anilines is 1. The van der Waals surface area contributed by atoms with Crippen molar-refractivity contribution in [1.82, 2.24) is 15.1 Å². The minimum atomic E-state index is 0.392. The standard InChI is InChI=1S/C10H17ClN4/c11-10-9(12)8(13-14-10)4-7-15-5-2-1-3-6-15/h1-7,12H2,(H,13,14). The Bertz CT molecular complexity index is 317. The van der Waals surface area contributed by atoms with E-state index in [9.17, 15) is 0 Å². The third-order valence-corrected chi connectivity index (χ3v) is 3.25. The highest BCUT2D eigenvalue weighted by Gasteiger charge is 2.12. The molecule has 0 bridgehead atoms. The zero-order valence-corrected chi connectivity index (χ0v) is 9.56. The summed E-state index contributed by atoms with van der Waals surface area (Å²) in [7, 11) is 0. The van der Waals surface area contributed by atoms with Gasteiger partial charge >= 0.3 is 0 Å². The molecule has 1 saturated heterocycles. The van der Waals surface area contributed by atoms with Crippen LogP contribution in [-0.2, 0) is 6.42 Å². The number of nitrogens with zero attached hydrogens (tertiary/aromatic N) is 2. The minimum Gasteiger partial charge on any atom is -0.395 e. The lowest BCUT2D eigenvalue weighted by atomic mass is 10.1. The Morgan fingerprint density at radius 2 is 2.07 bits per heavy atom. The second-order valence-electron chi connectivity index (χ2n) is 4.06. The van der Waals surface area contributed by atoms with E-state index < -0.39 is 0 Å². The van der Waals surface area contributed by atoms with Crippen LogP contribution in [0.25, 0.3) is 0 Å². The second kappa shape index (κ2) is 4.86. The number of aromatic amines is 1. The molecule has 0 saturated carbocycles. The number of aromatic nitrogens is 2. The van der Waals surface area contributed by atoms with Gasteiger partial charge in [-0.05, 0) is 25.9 Å². The highest BCUT2D eigenvalue weighted by atomic mass is 35.5. The molecule has 1 aromatic rings. The molecule has 0 amide bonds. The lowest BCUT2D eigenvalue weighted by molar-refractivity contribution is 0.231. The fourth-order valence-electron chi connectivity index (χ4n) is 2.01. The zero-order chi connectivity index (χ0) is 10.7. The molecule has 15 heavy (non-hydrogen) atoms. The summed E-state index contributed by atoms with van der Waals surface area (Å²) in [5, 5.41) is 7.15. The Labute approximate surface area is 94.8 Å². The van der Waals surface area contributed by atoms with Gasteiger partial charge in [-0.25, -0.2) is 0 Å². The van der Waals surface area contributed by atoms with Gasteiger partial charge < -0.3 is 10.6 Å². The highest BCUT2D eigenvalue weighted by Crippen LogP contribution is 2.19. The average molecular weight is 229 g/mol. The monoisotopic (exact) mass is 228 g/mol. The Balaban J connectivity index is 1.84. The fraction of sp³-hybridized carbons (Fsp3) is 0.700. The number of rotatable bonds is 3. The van der Waals surface area contributed by atoms with Crippen molar-refractivity contribution in [2.75, 3.05) is 25.4 Å². The SMILES string of the molecule is Nc1c(Cl)n[nH]c1CCN1CCCCC1. The first-order valence-electron chi connectivity index (χ1n) is 5.48. The summed E-state index contributed by atoms with van der Waals surface area (Å²) >= 11 is 5.77. The van der Waals surface area contributed by atoms with E-state index in [4.69, 9.17) is 17.3 Å². The third kappa shape index (κ3) is 2.63. The van der Waals surface area contributed by atoms with Crippen molar-refractivity contribution in [3.05, 3.63) is 10.8 Å². The van der Waals surface area contributed by atoms with Gasteiger partial charge in [-0.15, -0.1) is 0 Å². The van der Waals surface area contributed by atoms with Crippen molar-refractivity contribution in [1.29, 1.82) is 0 Å². The van der Waals surface area contributed by atoms with Gasteiger partial charge in [0.25, 0.3) is 0 Å². The molecular formula is C10H17ClN4. The Morgan fingerprint density at radius 3 is 2.67 bits per heavy atom. The fourth-order valence-corrected chi connectivity index (χ4v) is 2.16. The molecule has 3 N–H and O–H groups in total. The Morgan fingerprint density at radius 1 is 1.33 bits per heavy atom. The summed E-state index contributed by atoms with van der Waals surface area (Å²) in [5.74, 6) is 0. The van der Waals surface area contributed by atoms with Crippen LogP contribution in [0, 0.1) is 0 Å². The molecule has 84 valence electrons. The van der Waals surface area contributed by atoms with Crippen LogP contribution < -0.4 is 5.73 Å². The van der Waals surface area contributed by atoms with Crippen molar-refractivity contribution in [3.8, 4) is 0 Å². The summed E-state index contributed by atoms with van der Waals surface area (Å²) in [6.45, 7) is 3.46. The van der Waals surface area contributed by atoms with Crippen LogP contribution in [0.2, 0.25) is 5.15 Å². The van der Waals surface area contributed by atoms with Crippen molar-refractivity contribution in [2.24, 2.45) is 0 Å². The molecule has 0 radical (unpaired) electrons. The van der Waals surface area contributed by atoms with Gasteiger partial charge in [-0.3, -0.25) is 5.10 Å². The number of nitrogens with one attached hydrogen (secondary N) is 1. The van der Waals surface area contributed by atoms with Crippen LogP contribution in [-0.4, -0.2) is 34.7 Å². The summed E-state index contributed by atoms with van der Waals surface area (Å²) in [6.07, 6.45) is 4.92. The number of piperidine rings is 1. The quantitative estimate of drug-likeness (QED) is 0.828. The minimum absolute atomic E-state index is 0.392. The maximum Gasteiger partial charge on any atom is 0.173 e. The molecule has 1 fully saturated rings. The lowest BCUT2D eigenvalue weighted by Crippen LogP contribution is -2.31. The molecule has 1 aliphatic heterocycles. The van der Waals surface area contributed by atoms with Crippen molar-refractivity contribution in [2.45, 2.75) is 25.7 Å². The molecule has 0 atom stereocenters. The van der Waals surface area contributed by atoms with Crippen LogP contribution in [0.4, 0.5) is 5.69 Å². The average Bonchev–Trinajstić information content (AvgIpc) is 2.59. The number of H-pyrrole nitrogens is 1. The maximum absolute atomic E-state index is 5.77. The molecule has 0 spiro atoms. The van der Waals surface area contributed by atoms with Gasteiger partial charge in [0.1, 0.15) is 0 Å². The summed E-state index contributed by atoms with van der Waals surface area (Å²) in [6, 6.07) is 0. The smallest absolute Gasteiger partial charge is 0.173 e. The van der Waals surface area contributed by atoms with Crippen LogP contribution in [0.1, 0.15) is 25.0 Å². The lowest BCUT2D eigenvalue weighted by Gasteiger charge is -2.26. The zero-order valence-electron chi connectivity index (χ0n) is 8.80. The normalized spacial score (nSPS) is 18.2. The predicted octanol–water partition coefficient (Wildman–Crippen LogP) is 1.67. The van der Waals surface area contributed by atoms with Gasteiger partial charge in [0.05, 0.1) is 11.4 Å². The molecule has 1 aromatic heterocycles. The van der Waals surface area contributed by atoms with Crippen LogP contribution in [0.5, 0.6) is 0 Å². The Hall–Kier alpha value is -0.740. The van der Waals surface area contributed by atoms with E-state index in [0.29, 0.717) is 10.8 Å². The number of hydrogen-bond acceptors (Lipinski definition) is 3. The van der Waals surface area contributed by atoms with Crippen LogP contribution >= 0.6 is 11.6 Å². The van der Waals surface area contributed by atoms with Crippen molar-refractivity contribution >= 4 is 17.3 Å². The molecule has 0 unspecified atom stereocenters. The number of nitrogen functional groups attached to an aromatic ring is 1. The van der Waals surface area contributed by atoms with E-state index in [1.54, 1.807) is 0 Å². The van der Waals surface area contributed by atoms with Crippen LogP contribution in [0.3, 0.4) is 0 Å². The molecule has 4 nitrogen and oxygen atoms in total. The molecule has 2 heterocycles. The third-order valence-electron chi connectivity index (χ3n) is 2.96. The van der Waals surface area contributed by atoms with E-state index in [1.165, 1.54) is 32.4 Å². The molecule has 5 heteroatoms. The molecular weight excluding hydrogens is 212 g/mol. The van der Waals surface area contributed by atoms with E-state index >= 15 is 0 Å². The number of nitrogens with two attached hydrogens (primary N) is 1. The molecule has 0 aromatic carbocycles. The second-order valence-corrected chi connectivity index (χ2v) is 4.42. The van der Waals surface area contributed by atoms with Gasteiger partial charge in [-0.1, -0.05) is 18.0 Å². The highest BCUT2D eigenvalue weighted by molar-refractivity contribution is 6.31. The van der Waals surface area contributed by atoms with Crippen molar-refractivity contribution in [3.63, 3.8) is 0 Å². The Kier molecular flexibility index (Phi) is 3.49. The van der Waals surface area contributed by atoms with E-state index in [0.717, 1.165) is 18.7 Å². The van der Waals surface area contributed by atoms with E-state index in [1.807, 2.05) is 0 Å². The first kappa shape index (κ1) is 10.8. The molecule has 2 rings (SSSR count). The predicted molar refractivity (Wildman–Crippen MR) is 62.0 cm³/mol. The van der Waals surface area contributed by atoms with Gasteiger partial charge in [0.15, 0.2) is 5.15 Å². The van der Waals surface area contributed by atoms with Gasteiger partial charge in [0.2, 0.25) is 0 Å². The number of halogens is 1. The topological polar surface area (TPSA) is 57.9 Å². The largest absolute Gasteiger partial charge is 0.395 e. The van der Waals surface area contributed by atoms with E-state index in [-0.39, 0.29) is 0 Å². The van der Waals surface area contributed by atoms with Crippen LogP contribution in [0.15, 0.2) is 0 Å². The molecule has 0 aliphatic carbocycles. The summed E-state index contributed by atoms with van der Waals surface area (Å²) in [4.78, 5) is 2.47. The first-order chi connectivity index (χ1) is 7.27. The number of likely N-dealkylation sites (tertiary alicyclic amines) is 1.